The first-order chi connectivity index (χ1) is 8.20. The summed E-state index contributed by atoms with van der Waals surface area (Å²) in [5, 5.41) is 3.28. The van der Waals surface area contributed by atoms with Gasteiger partial charge in [-0.25, -0.2) is 4.98 Å². The molecule has 0 bridgehead atoms. The summed E-state index contributed by atoms with van der Waals surface area (Å²) >= 11 is 1.75. The van der Waals surface area contributed by atoms with Crippen LogP contribution in [-0.4, -0.2) is 11.5 Å². The Balaban J connectivity index is 2.07. The molecule has 0 amide bonds. The number of aryl methyl sites for hydroxylation is 2. The second kappa shape index (κ2) is 5.47. The Hall–Kier alpha value is -1.13. The molecule has 2 rings (SSSR count). The molecule has 2 heterocycles. The maximum Gasteiger partial charge on any atom is 0.208 e. The molecule has 2 aromatic rings. The van der Waals surface area contributed by atoms with E-state index in [0.717, 1.165) is 29.5 Å². The van der Waals surface area contributed by atoms with Crippen molar-refractivity contribution in [1.82, 2.24) is 10.3 Å². The van der Waals surface area contributed by atoms with E-state index in [4.69, 9.17) is 4.42 Å². The van der Waals surface area contributed by atoms with Gasteiger partial charge in [0.05, 0.1) is 17.6 Å². The molecule has 0 atom stereocenters. The lowest BCUT2D eigenvalue weighted by atomic mass is 10.3. The smallest absolute Gasteiger partial charge is 0.208 e. The maximum atomic E-state index is 5.72. The van der Waals surface area contributed by atoms with E-state index in [9.17, 15) is 0 Å². The average molecular weight is 250 g/mol. The molecule has 0 radical (unpaired) electrons. The minimum absolute atomic E-state index is 0.706. The van der Waals surface area contributed by atoms with Crippen molar-refractivity contribution in [2.24, 2.45) is 0 Å². The molecule has 92 valence electrons. The van der Waals surface area contributed by atoms with Crippen LogP contribution in [0, 0.1) is 13.8 Å². The van der Waals surface area contributed by atoms with Crippen LogP contribution >= 0.6 is 11.3 Å². The Labute approximate surface area is 106 Å². The molecular weight excluding hydrogens is 232 g/mol. The standard InChI is InChI=1S/C13H18N2OS/c1-4-5-14-8-13-15-7-11(16-13)12-6-9(2)10(3)17-12/h6-7,14H,4-5,8H2,1-3H3. The van der Waals surface area contributed by atoms with Crippen LogP contribution in [0.4, 0.5) is 0 Å². The molecule has 3 nitrogen and oxygen atoms in total. The van der Waals surface area contributed by atoms with Crippen molar-refractivity contribution in [3.05, 3.63) is 28.6 Å². The minimum Gasteiger partial charge on any atom is -0.438 e. The van der Waals surface area contributed by atoms with Gasteiger partial charge in [-0.2, -0.15) is 0 Å². The molecule has 17 heavy (non-hydrogen) atoms. The van der Waals surface area contributed by atoms with Crippen molar-refractivity contribution in [2.75, 3.05) is 6.54 Å². The van der Waals surface area contributed by atoms with Gasteiger partial charge in [0.15, 0.2) is 5.76 Å². The fourth-order valence-electron chi connectivity index (χ4n) is 1.57. The van der Waals surface area contributed by atoms with Crippen LogP contribution in [0.15, 0.2) is 16.7 Å². The topological polar surface area (TPSA) is 38.1 Å². The van der Waals surface area contributed by atoms with Crippen molar-refractivity contribution in [3.8, 4) is 10.6 Å². The molecule has 0 aliphatic heterocycles. The first kappa shape index (κ1) is 12.3. The Morgan fingerprint density at radius 3 is 2.88 bits per heavy atom. The van der Waals surface area contributed by atoms with Crippen LogP contribution in [0.2, 0.25) is 0 Å². The quantitative estimate of drug-likeness (QED) is 0.825. The number of hydrogen-bond acceptors (Lipinski definition) is 4. The van der Waals surface area contributed by atoms with Gasteiger partial charge in [0.1, 0.15) is 0 Å². The molecule has 0 saturated heterocycles. The summed E-state index contributed by atoms with van der Waals surface area (Å²) in [6.07, 6.45) is 2.94. The van der Waals surface area contributed by atoms with E-state index >= 15 is 0 Å². The van der Waals surface area contributed by atoms with E-state index in [1.54, 1.807) is 11.3 Å². The van der Waals surface area contributed by atoms with Crippen LogP contribution in [0.25, 0.3) is 10.6 Å². The van der Waals surface area contributed by atoms with E-state index in [0.29, 0.717) is 6.54 Å². The van der Waals surface area contributed by atoms with E-state index < -0.39 is 0 Å². The minimum atomic E-state index is 0.706. The lowest BCUT2D eigenvalue weighted by Crippen LogP contribution is -2.13. The van der Waals surface area contributed by atoms with Gasteiger partial charge in [0, 0.05) is 4.88 Å². The molecule has 1 N–H and O–H groups in total. The molecule has 0 fully saturated rings. The van der Waals surface area contributed by atoms with Gasteiger partial charge in [-0.15, -0.1) is 11.3 Å². The summed E-state index contributed by atoms with van der Waals surface area (Å²) in [5.74, 6) is 1.64. The van der Waals surface area contributed by atoms with Crippen molar-refractivity contribution in [1.29, 1.82) is 0 Å². The summed E-state index contributed by atoms with van der Waals surface area (Å²) in [5.41, 5.74) is 1.31. The monoisotopic (exact) mass is 250 g/mol. The first-order valence-corrected chi connectivity index (χ1v) is 6.75. The highest BCUT2D eigenvalue weighted by Crippen LogP contribution is 2.30. The van der Waals surface area contributed by atoms with Crippen LogP contribution in [-0.2, 0) is 6.54 Å². The molecule has 0 aromatic carbocycles. The Kier molecular flexibility index (Phi) is 3.97. The zero-order valence-electron chi connectivity index (χ0n) is 10.5. The highest BCUT2D eigenvalue weighted by Gasteiger charge is 2.09. The normalized spacial score (nSPS) is 11.0. The van der Waals surface area contributed by atoms with Crippen LogP contribution in [0.1, 0.15) is 29.7 Å². The molecule has 0 aliphatic rings. The lowest BCUT2D eigenvalue weighted by Gasteiger charge is -1.97. The molecule has 0 unspecified atom stereocenters. The van der Waals surface area contributed by atoms with Gasteiger partial charge < -0.3 is 9.73 Å². The Morgan fingerprint density at radius 2 is 2.24 bits per heavy atom. The molecule has 0 saturated carbocycles. The van der Waals surface area contributed by atoms with E-state index in [1.807, 2.05) is 6.20 Å². The third kappa shape index (κ3) is 2.96. The van der Waals surface area contributed by atoms with Gasteiger partial charge in [-0.3, -0.25) is 0 Å². The van der Waals surface area contributed by atoms with Crippen LogP contribution < -0.4 is 5.32 Å². The fourth-order valence-corrected chi connectivity index (χ4v) is 2.55. The second-order valence-corrected chi connectivity index (χ2v) is 5.40. The van der Waals surface area contributed by atoms with E-state index in [1.165, 1.54) is 10.4 Å². The largest absolute Gasteiger partial charge is 0.438 e. The molecular formula is C13H18N2OS. The summed E-state index contributed by atoms with van der Waals surface area (Å²) in [6, 6.07) is 2.16. The van der Waals surface area contributed by atoms with Crippen molar-refractivity contribution < 1.29 is 4.42 Å². The molecule has 2 aromatic heterocycles. The third-order valence-corrected chi connectivity index (χ3v) is 3.83. The van der Waals surface area contributed by atoms with Crippen molar-refractivity contribution in [2.45, 2.75) is 33.7 Å². The zero-order valence-corrected chi connectivity index (χ0v) is 11.4. The summed E-state index contributed by atoms with van der Waals surface area (Å²) in [6.45, 7) is 8.09. The lowest BCUT2D eigenvalue weighted by molar-refractivity contribution is 0.478. The predicted octanol–water partition coefficient (Wildman–Crippen LogP) is 3.52. The fraction of sp³-hybridized carbons (Fsp3) is 0.462. The maximum absolute atomic E-state index is 5.72. The Morgan fingerprint density at radius 1 is 1.41 bits per heavy atom. The first-order valence-electron chi connectivity index (χ1n) is 5.93. The average Bonchev–Trinajstić information content (AvgIpc) is 2.88. The van der Waals surface area contributed by atoms with Gasteiger partial charge in [-0.1, -0.05) is 6.92 Å². The highest BCUT2D eigenvalue weighted by molar-refractivity contribution is 7.15. The number of thiophene rings is 1. The second-order valence-electron chi connectivity index (χ2n) is 4.14. The zero-order chi connectivity index (χ0) is 12.3. The summed E-state index contributed by atoms with van der Waals surface area (Å²) in [4.78, 5) is 6.78. The SMILES string of the molecule is CCCNCc1ncc(-c2cc(C)c(C)s2)o1. The number of oxazole rings is 1. The van der Waals surface area contributed by atoms with E-state index in [2.05, 4.69) is 37.1 Å². The Bertz CT molecular complexity index is 468. The molecule has 4 heteroatoms. The summed E-state index contributed by atoms with van der Waals surface area (Å²) in [7, 11) is 0. The predicted molar refractivity (Wildman–Crippen MR) is 71.3 cm³/mol. The van der Waals surface area contributed by atoms with Crippen molar-refractivity contribution in [3.63, 3.8) is 0 Å². The van der Waals surface area contributed by atoms with E-state index in [-0.39, 0.29) is 0 Å². The van der Waals surface area contributed by atoms with Gasteiger partial charge in [-0.05, 0) is 38.4 Å². The summed E-state index contributed by atoms with van der Waals surface area (Å²) < 4.78 is 5.72. The van der Waals surface area contributed by atoms with Gasteiger partial charge >= 0.3 is 0 Å². The highest BCUT2D eigenvalue weighted by atomic mass is 32.1. The number of nitrogens with zero attached hydrogens (tertiary/aromatic N) is 1. The number of aromatic nitrogens is 1. The number of hydrogen-bond donors (Lipinski definition) is 1. The number of nitrogens with one attached hydrogen (secondary N) is 1. The molecule has 0 spiro atoms. The van der Waals surface area contributed by atoms with Gasteiger partial charge in [0.25, 0.3) is 0 Å². The number of rotatable bonds is 5. The van der Waals surface area contributed by atoms with Gasteiger partial charge in [0.2, 0.25) is 5.89 Å². The van der Waals surface area contributed by atoms with Crippen LogP contribution in [0.5, 0.6) is 0 Å². The molecule has 0 aliphatic carbocycles. The third-order valence-electron chi connectivity index (χ3n) is 2.67. The van der Waals surface area contributed by atoms with Crippen LogP contribution in [0.3, 0.4) is 0 Å². The van der Waals surface area contributed by atoms with Crippen molar-refractivity contribution >= 4 is 11.3 Å².